The number of nitrogens with one attached hydrogen (secondary N) is 3. The maximum Gasteiger partial charge on any atom is 0.305 e. The van der Waals surface area contributed by atoms with Crippen LogP contribution in [0.5, 0.6) is 0 Å². The average molecular weight is 280 g/mol. The first-order valence-corrected chi connectivity index (χ1v) is 6.93. The van der Waals surface area contributed by atoms with Gasteiger partial charge in [0.05, 0.1) is 6.61 Å². The summed E-state index contributed by atoms with van der Waals surface area (Å²) in [6, 6.07) is 0. The summed E-state index contributed by atoms with van der Waals surface area (Å²) in [5, 5.41) is 13.0. The van der Waals surface area contributed by atoms with Crippen molar-refractivity contribution in [3.8, 4) is 0 Å². The quantitative estimate of drug-likeness (QED) is 0.508. The second-order valence-electron chi connectivity index (χ2n) is 4.62. The monoisotopic (exact) mass is 280 g/mol. The lowest BCUT2D eigenvalue weighted by Gasteiger charge is -2.12. The molecule has 3 N–H and O–H groups in total. The first-order chi connectivity index (χ1) is 9.72. The maximum atomic E-state index is 12.0. The number of hydrogen-bond acceptors (Lipinski definition) is 5. The third-order valence-corrected chi connectivity index (χ3v) is 3.17. The minimum Gasteiger partial charge on any atom is -0.466 e. The lowest BCUT2D eigenvalue weighted by molar-refractivity contribution is -0.143. The van der Waals surface area contributed by atoms with E-state index in [2.05, 4.69) is 20.8 Å². The topological polar surface area (TPSA) is 96.1 Å². The van der Waals surface area contributed by atoms with E-state index in [1.807, 2.05) is 0 Å². The molecule has 1 aromatic rings. The van der Waals surface area contributed by atoms with E-state index in [-0.39, 0.29) is 11.9 Å². The lowest BCUT2D eigenvalue weighted by Crippen LogP contribution is -2.29. The van der Waals surface area contributed by atoms with Crippen LogP contribution in [0, 0.1) is 0 Å². The van der Waals surface area contributed by atoms with Crippen LogP contribution in [0.15, 0.2) is 0 Å². The molecule has 2 heterocycles. The minimum atomic E-state index is -0.233. The first-order valence-electron chi connectivity index (χ1n) is 6.93. The number of ether oxygens (including phenoxy) is 1. The second kappa shape index (κ2) is 7.04. The van der Waals surface area contributed by atoms with Crippen molar-refractivity contribution in [1.29, 1.82) is 0 Å². The van der Waals surface area contributed by atoms with Gasteiger partial charge in [-0.1, -0.05) is 0 Å². The fraction of sp³-hybridized carbons (Fsp3) is 0.615. The van der Waals surface area contributed by atoms with Crippen LogP contribution in [0.1, 0.15) is 41.5 Å². The van der Waals surface area contributed by atoms with Gasteiger partial charge in [0.25, 0.3) is 5.91 Å². The summed E-state index contributed by atoms with van der Waals surface area (Å²) < 4.78 is 4.82. The van der Waals surface area contributed by atoms with Gasteiger partial charge in [-0.15, -0.1) is 0 Å². The number of rotatable bonds is 6. The Bertz CT molecular complexity index is 484. The molecule has 0 aliphatic carbocycles. The van der Waals surface area contributed by atoms with Crippen LogP contribution in [0.4, 0.5) is 0 Å². The molecule has 1 aliphatic rings. The minimum absolute atomic E-state index is 0.199. The van der Waals surface area contributed by atoms with E-state index in [0.29, 0.717) is 38.2 Å². The Balaban J connectivity index is 1.78. The van der Waals surface area contributed by atoms with Crippen molar-refractivity contribution in [2.24, 2.45) is 0 Å². The van der Waals surface area contributed by atoms with Gasteiger partial charge in [-0.2, -0.15) is 5.10 Å². The van der Waals surface area contributed by atoms with Crippen LogP contribution in [0.3, 0.4) is 0 Å². The van der Waals surface area contributed by atoms with Crippen molar-refractivity contribution < 1.29 is 14.3 Å². The van der Waals surface area contributed by atoms with E-state index in [4.69, 9.17) is 4.74 Å². The third-order valence-electron chi connectivity index (χ3n) is 3.17. The highest BCUT2D eigenvalue weighted by molar-refractivity contribution is 5.94. The van der Waals surface area contributed by atoms with Crippen LogP contribution in [0.25, 0.3) is 0 Å². The van der Waals surface area contributed by atoms with Gasteiger partial charge in [0, 0.05) is 43.7 Å². The molecule has 7 heteroatoms. The Hall–Kier alpha value is -1.89. The van der Waals surface area contributed by atoms with Gasteiger partial charge in [-0.3, -0.25) is 14.7 Å². The predicted molar refractivity (Wildman–Crippen MR) is 72.2 cm³/mol. The molecule has 0 radical (unpaired) electrons. The van der Waals surface area contributed by atoms with E-state index in [1.54, 1.807) is 6.92 Å². The molecule has 20 heavy (non-hydrogen) atoms. The Labute approximate surface area is 117 Å². The molecule has 110 valence electrons. The number of aromatic amines is 1. The zero-order valence-corrected chi connectivity index (χ0v) is 11.6. The molecule has 0 unspecified atom stereocenters. The molecule has 0 saturated heterocycles. The van der Waals surface area contributed by atoms with Crippen LogP contribution in [-0.4, -0.2) is 41.8 Å². The second-order valence-corrected chi connectivity index (χ2v) is 4.62. The number of hydrogen-bond donors (Lipinski definition) is 3. The van der Waals surface area contributed by atoms with Gasteiger partial charge in [0.1, 0.15) is 0 Å². The molecule has 0 saturated carbocycles. The number of esters is 1. The molecular weight excluding hydrogens is 260 g/mol. The molecule has 0 atom stereocenters. The van der Waals surface area contributed by atoms with Crippen molar-refractivity contribution in [2.75, 3.05) is 19.7 Å². The van der Waals surface area contributed by atoms with E-state index >= 15 is 0 Å². The van der Waals surface area contributed by atoms with Crippen molar-refractivity contribution in [2.45, 2.75) is 32.7 Å². The summed E-state index contributed by atoms with van der Waals surface area (Å²) in [5.74, 6) is -0.432. The smallest absolute Gasteiger partial charge is 0.305 e. The Morgan fingerprint density at radius 2 is 2.30 bits per heavy atom. The Kier molecular flexibility index (Phi) is 5.11. The number of nitrogens with zero attached hydrogens (tertiary/aromatic N) is 1. The Morgan fingerprint density at radius 1 is 1.45 bits per heavy atom. The van der Waals surface area contributed by atoms with Gasteiger partial charge in [-0.05, 0) is 13.3 Å². The van der Waals surface area contributed by atoms with Crippen LogP contribution < -0.4 is 10.6 Å². The SMILES string of the molecule is CCOC(=O)CCCNC(=O)c1n[nH]c2c1CNCC2. The highest BCUT2D eigenvalue weighted by atomic mass is 16.5. The predicted octanol–water partition coefficient (Wildman–Crippen LogP) is 0.129. The van der Waals surface area contributed by atoms with Crippen molar-refractivity contribution in [1.82, 2.24) is 20.8 Å². The normalized spacial score (nSPS) is 13.7. The van der Waals surface area contributed by atoms with E-state index in [0.717, 1.165) is 24.2 Å². The summed E-state index contributed by atoms with van der Waals surface area (Å²) in [7, 11) is 0. The van der Waals surface area contributed by atoms with E-state index in [1.165, 1.54) is 0 Å². The standard InChI is InChI=1S/C13H20N4O3/c1-2-20-11(18)4-3-6-15-13(19)12-9-8-14-7-5-10(9)16-17-12/h14H,2-8H2,1H3,(H,15,19)(H,16,17). The summed E-state index contributed by atoms with van der Waals surface area (Å²) in [4.78, 5) is 23.2. The molecule has 7 nitrogen and oxygen atoms in total. The summed E-state index contributed by atoms with van der Waals surface area (Å²) in [5.41, 5.74) is 2.42. The first kappa shape index (κ1) is 14.5. The van der Waals surface area contributed by atoms with E-state index in [9.17, 15) is 9.59 Å². The molecule has 1 aromatic heterocycles. The summed E-state index contributed by atoms with van der Waals surface area (Å²) >= 11 is 0. The number of fused-ring (bicyclic) bond motifs is 1. The molecular formula is C13H20N4O3. The average Bonchev–Trinajstić information content (AvgIpc) is 2.87. The van der Waals surface area contributed by atoms with Crippen LogP contribution in [0.2, 0.25) is 0 Å². The van der Waals surface area contributed by atoms with Gasteiger partial charge >= 0.3 is 5.97 Å². The number of aromatic nitrogens is 2. The molecule has 0 fully saturated rings. The molecule has 1 aliphatic heterocycles. The fourth-order valence-electron chi connectivity index (χ4n) is 2.16. The van der Waals surface area contributed by atoms with Gasteiger partial charge in [0.15, 0.2) is 5.69 Å². The number of carbonyl (C=O) groups excluding carboxylic acids is 2. The van der Waals surface area contributed by atoms with Crippen LogP contribution in [-0.2, 0) is 22.5 Å². The van der Waals surface area contributed by atoms with Gasteiger partial charge < -0.3 is 15.4 Å². The molecule has 2 rings (SSSR count). The lowest BCUT2D eigenvalue weighted by atomic mass is 10.1. The number of H-pyrrole nitrogens is 1. The largest absolute Gasteiger partial charge is 0.466 e. The van der Waals surface area contributed by atoms with Crippen molar-refractivity contribution in [3.05, 3.63) is 17.0 Å². The molecule has 0 aromatic carbocycles. The highest BCUT2D eigenvalue weighted by Gasteiger charge is 2.21. The van der Waals surface area contributed by atoms with E-state index < -0.39 is 0 Å². The molecule has 0 bridgehead atoms. The third kappa shape index (κ3) is 3.57. The highest BCUT2D eigenvalue weighted by Crippen LogP contribution is 2.14. The van der Waals surface area contributed by atoms with Crippen molar-refractivity contribution >= 4 is 11.9 Å². The number of amides is 1. The summed E-state index contributed by atoms with van der Waals surface area (Å²) in [6.45, 7) is 4.16. The van der Waals surface area contributed by atoms with Crippen LogP contribution >= 0.6 is 0 Å². The fourth-order valence-corrected chi connectivity index (χ4v) is 2.16. The molecule has 0 spiro atoms. The zero-order valence-electron chi connectivity index (χ0n) is 11.6. The maximum absolute atomic E-state index is 12.0. The number of carbonyl (C=O) groups is 2. The zero-order chi connectivity index (χ0) is 14.4. The van der Waals surface area contributed by atoms with Gasteiger partial charge in [-0.25, -0.2) is 0 Å². The van der Waals surface area contributed by atoms with Crippen molar-refractivity contribution in [3.63, 3.8) is 0 Å². The summed E-state index contributed by atoms with van der Waals surface area (Å²) in [6.07, 6.45) is 1.74. The Morgan fingerprint density at radius 3 is 3.10 bits per heavy atom. The van der Waals surface area contributed by atoms with Gasteiger partial charge in [0.2, 0.25) is 0 Å². The molecule has 1 amide bonds.